The van der Waals surface area contributed by atoms with E-state index in [0.29, 0.717) is 11.7 Å². The number of ether oxygens (including phenoxy) is 1. The number of hydrogen-bond donors (Lipinski definition) is 1. The average molecular weight is 352 g/mol. The van der Waals surface area contributed by atoms with Gasteiger partial charge in [-0.2, -0.15) is 0 Å². The Bertz CT molecular complexity index is 619. The van der Waals surface area contributed by atoms with E-state index in [4.69, 9.17) is 33.1 Å². The lowest BCUT2D eigenvalue weighted by atomic mass is 9.85. The molecule has 7 heteroatoms. The van der Waals surface area contributed by atoms with Crippen LogP contribution in [0.4, 0.5) is 0 Å². The van der Waals surface area contributed by atoms with Crippen molar-refractivity contribution in [1.82, 2.24) is 0 Å². The molecule has 0 radical (unpaired) electrons. The van der Waals surface area contributed by atoms with Gasteiger partial charge in [0.2, 0.25) is 10.0 Å². The van der Waals surface area contributed by atoms with Crippen molar-refractivity contribution in [3.8, 4) is 5.75 Å². The van der Waals surface area contributed by atoms with E-state index < -0.39 is 10.0 Å². The quantitative estimate of drug-likeness (QED) is 0.891. The molecule has 1 fully saturated rings. The third-order valence-electron chi connectivity index (χ3n) is 3.96. The Kier molecular flexibility index (Phi) is 5.41. The third-order valence-corrected chi connectivity index (χ3v) is 5.89. The molecule has 4 nitrogen and oxygen atoms in total. The van der Waals surface area contributed by atoms with Gasteiger partial charge in [0.25, 0.3) is 0 Å². The zero-order valence-electron chi connectivity index (χ0n) is 11.8. The molecule has 1 aliphatic carbocycles. The van der Waals surface area contributed by atoms with Gasteiger partial charge in [0.15, 0.2) is 0 Å². The first-order valence-corrected chi connectivity index (χ1v) is 9.32. The van der Waals surface area contributed by atoms with Gasteiger partial charge in [-0.25, -0.2) is 13.6 Å². The highest BCUT2D eigenvalue weighted by Gasteiger charge is 2.27. The summed E-state index contributed by atoms with van der Waals surface area (Å²) in [6.45, 7) is 2.14. The highest BCUT2D eigenvalue weighted by atomic mass is 35.5. The van der Waals surface area contributed by atoms with Crippen molar-refractivity contribution in [2.75, 3.05) is 0 Å². The topological polar surface area (TPSA) is 69.4 Å². The van der Waals surface area contributed by atoms with E-state index in [-0.39, 0.29) is 21.0 Å². The van der Waals surface area contributed by atoms with Gasteiger partial charge in [-0.3, -0.25) is 0 Å². The van der Waals surface area contributed by atoms with Crippen molar-refractivity contribution in [2.45, 2.75) is 50.0 Å². The number of rotatable bonds is 4. The lowest BCUT2D eigenvalue weighted by Gasteiger charge is -2.31. The highest BCUT2D eigenvalue weighted by molar-refractivity contribution is 7.89. The molecule has 0 aromatic heterocycles. The summed E-state index contributed by atoms with van der Waals surface area (Å²) in [7, 11) is -3.89. The fourth-order valence-corrected chi connectivity index (χ4v) is 4.14. The molecule has 0 bridgehead atoms. The summed E-state index contributed by atoms with van der Waals surface area (Å²) in [6, 6.07) is 2.86. The molecule has 1 aromatic carbocycles. The Morgan fingerprint density at radius 1 is 1.24 bits per heavy atom. The van der Waals surface area contributed by atoms with Gasteiger partial charge >= 0.3 is 0 Å². The van der Waals surface area contributed by atoms with Crippen molar-refractivity contribution < 1.29 is 13.2 Å². The summed E-state index contributed by atoms with van der Waals surface area (Å²) >= 11 is 12.1. The number of hydrogen-bond acceptors (Lipinski definition) is 3. The Morgan fingerprint density at radius 3 is 2.52 bits per heavy atom. The first-order valence-electron chi connectivity index (χ1n) is 7.02. The Labute approximate surface area is 135 Å². The minimum absolute atomic E-state index is 0.0828. The number of nitrogens with two attached hydrogens (primary N) is 1. The van der Waals surface area contributed by atoms with Crippen LogP contribution >= 0.6 is 23.2 Å². The fourth-order valence-electron chi connectivity index (χ4n) is 2.78. The van der Waals surface area contributed by atoms with E-state index >= 15 is 0 Å². The second kappa shape index (κ2) is 6.73. The zero-order chi connectivity index (χ0) is 15.6. The molecule has 0 heterocycles. The van der Waals surface area contributed by atoms with E-state index in [0.717, 1.165) is 25.7 Å². The molecule has 21 heavy (non-hydrogen) atoms. The molecule has 0 spiro atoms. The van der Waals surface area contributed by atoms with Crippen LogP contribution in [0.15, 0.2) is 17.0 Å². The first-order chi connectivity index (χ1) is 9.84. The molecule has 2 unspecified atom stereocenters. The van der Waals surface area contributed by atoms with Gasteiger partial charge in [-0.1, -0.05) is 36.5 Å². The van der Waals surface area contributed by atoms with Gasteiger partial charge < -0.3 is 4.74 Å². The van der Waals surface area contributed by atoms with E-state index in [1.807, 2.05) is 0 Å². The van der Waals surface area contributed by atoms with E-state index in [9.17, 15) is 8.42 Å². The van der Waals surface area contributed by atoms with Crippen LogP contribution in [0.2, 0.25) is 10.0 Å². The lowest BCUT2D eigenvalue weighted by molar-refractivity contribution is 0.0904. The average Bonchev–Trinajstić information content (AvgIpc) is 2.43. The molecular weight excluding hydrogens is 333 g/mol. The summed E-state index contributed by atoms with van der Waals surface area (Å²) in [6.07, 6.45) is 5.60. The van der Waals surface area contributed by atoms with Crippen molar-refractivity contribution in [1.29, 1.82) is 0 Å². The number of primary sulfonamides is 1. The van der Waals surface area contributed by atoms with Crippen LogP contribution in [0.3, 0.4) is 0 Å². The van der Waals surface area contributed by atoms with Crippen LogP contribution in [0.1, 0.15) is 39.0 Å². The predicted octanol–water partition coefficient (Wildman–Crippen LogP) is 3.99. The van der Waals surface area contributed by atoms with Gasteiger partial charge in [0.05, 0.1) is 5.02 Å². The van der Waals surface area contributed by atoms with E-state index in [1.165, 1.54) is 18.6 Å². The van der Waals surface area contributed by atoms with Crippen LogP contribution in [0.5, 0.6) is 5.75 Å². The fraction of sp³-hybridized carbons (Fsp3) is 0.571. The molecule has 1 aliphatic rings. The van der Waals surface area contributed by atoms with Crippen LogP contribution < -0.4 is 9.88 Å². The van der Waals surface area contributed by atoms with E-state index in [1.54, 1.807) is 0 Å². The summed E-state index contributed by atoms with van der Waals surface area (Å²) in [5.74, 6) is 0.908. The summed E-state index contributed by atoms with van der Waals surface area (Å²) in [5, 5.41) is 5.11. The second-order valence-electron chi connectivity index (χ2n) is 5.34. The van der Waals surface area contributed by atoms with Crippen LogP contribution in [-0.4, -0.2) is 14.5 Å². The standard InChI is InChI=1S/C14H19Cl2NO3S/c1-2-9-5-3-4-6-10(9)20-11-7-8-12(21(17,18)19)14(16)13(11)15/h7-10H,2-6H2,1H3,(H2,17,18,19). The molecule has 0 saturated heterocycles. The molecule has 1 saturated carbocycles. The van der Waals surface area contributed by atoms with Crippen molar-refractivity contribution in [2.24, 2.45) is 11.1 Å². The minimum Gasteiger partial charge on any atom is -0.489 e. The van der Waals surface area contributed by atoms with Crippen molar-refractivity contribution >= 4 is 33.2 Å². The molecule has 1 aromatic rings. The van der Waals surface area contributed by atoms with Gasteiger partial charge in [-0.15, -0.1) is 0 Å². The van der Waals surface area contributed by atoms with Crippen molar-refractivity contribution in [3.63, 3.8) is 0 Å². The molecule has 0 aliphatic heterocycles. The molecule has 2 rings (SSSR count). The van der Waals surface area contributed by atoms with Crippen LogP contribution in [0.25, 0.3) is 0 Å². The van der Waals surface area contributed by atoms with E-state index in [2.05, 4.69) is 6.92 Å². The Balaban J connectivity index is 2.27. The van der Waals surface area contributed by atoms with Crippen LogP contribution in [0, 0.1) is 5.92 Å². The van der Waals surface area contributed by atoms with Gasteiger partial charge in [0, 0.05) is 0 Å². The smallest absolute Gasteiger partial charge is 0.239 e. The SMILES string of the molecule is CCC1CCCCC1Oc1ccc(S(N)(=O)=O)c(Cl)c1Cl. The predicted molar refractivity (Wildman–Crippen MR) is 84.5 cm³/mol. The molecule has 118 valence electrons. The maximum Gasteiger partial charge on any atom is 0.239 e. The molecule has 2 N–H and O–H groups in total. The normalized spacial score (nSPS) is 23.0. The maximum atomic E-state index is 11.4. The minimum atomic E-state index is -3.89. The largest absolute Gasteiger partial charge is 0.489 e. The monoisotopic (exact) mass is 351 g/mol. The number of benzene rings is 1. The molecule has 0 amide bonds. The van der Waals surface area contributed by atoms with Crippen molar-refractivity contribution in [3.05, 3.63) is 22.2 Å². The molecule has 2 atom stereocenters. The van der Waals surface area contributed by atoms with Gasteiger partial charge in [0.1, 0.15) is 21.8 Å². The summed E-state index contributed by atoms with van der Waals surface area (Å²) < 4.78 is 28.8. The van der Waals surface area contributed by atoms with Gasteiger partial charge in [-0.05, 0) is 43.7 Å². The maximum absolute atomic E-state index is 11.4. The zero-order valence-corrected chi connectivity index (χ0v) is 14.1. The summed E-state index contributed by atoms with van der Waals surface area (Å²) in [5.41, 5.74) is 0. The summed E-state index contributed by atoms with van der Waals surface area (Å²) in [4.78, 5) is -0.183. The third kappa shape index (κ3) is 3.83. The number of sulfonamides is 1. The molecular formula is C14H19Cl2NO3S. The van der Waals surface area contributed by atoms with Crippen LogP contribution in [-0.2, 0) is 10.0 Å². The first kappa shape index (κ1) is 16.9. The highest BCUT2D eigenvalue weighted by Crippen LogP contribution is 2.39. The Hall–Kier alpha value is -0.490. The second-order valence-corrected chi connectivity index (χ2v) is 7.63. The Morgan fingerprint density at radius 2 is 1.90 bits per heavy atom. The number of halogens is 2. The lowest BCUT2D eigenvalue weighted by Crippen LogP contribution is -2.30.